The molecule has 0 radical (unpaired) electrons. The average molecular weight is 367 g/mol. The first-order chi connectivity index (χ1) is 13.1. The van der Waals surface area contributed by atoms with Gasteiger partial charge in [0, 0.05) is 37.9 Å². The van der Waals surface area contributed by atoms with Gasteiger partial charge in [0.05, 0.1) is 19.8 Å². The van der Waals surface area contributed by atoms with Gasteiger partial charge in [-0.25, -0.2) is 0 Å². The maximum absolute atomic E-state index is 12.4. The molecule has 1 saturated heterocycles. The number of benzene rings is 2. The van der Waals surface area contributed by atoms with E-state index in [0.29, 0.717) is 38.4 Å². The smallest absolute Gasteiger partial charge is 0.254 e. The summed E-state index contributed by atoms with van der Waals surface area (Å²) in [7, 11) is 1.79. The van der Waals surface area contributed by atoms with Gasteiger partial charge in [0.15, 0.2) is 0 Å². The number of nitrogens with one attached hydrogen (secondary N) is 1. The third-order valence-corrected chi connectivity index (χ3v) is 4.56. The molecule has 1 N–H and O–H groups in total. The summed E-state index contributed by atoms with van der Waals surface area (Å²) < 4.78 is 5.28. The Kier molecular flexibility index (Phi) is 6.44. The quantitative estimate of drug-likeness (QED) is 0.851. The highest BCUT2D eigenvalue weighted by Gasteiger charge is 2.18. The van der Waals surface area contributed by atoms with Crippen LogP contribution in [-0.2, 0) is 16.1 Å². The zero-order valence-electron chi connectivity index (χ0n) is 15.6. The van der Waals surface area contributed by atoms with Crippen molar-refractivity contribution in [1.29, 1.82) is 0 Å². The van der Waals surface area contributed by atoms with Gasteiger partial charge in [-0.2, -0.15) is 0 Å². The Hall–Kier alpha value is -2.86. The van der Waals surface area contributed by atoms with E-state index < -0.39 is 0 Å². The molecule has 0 unspecified atom stereocenters. The van der Waals surface area contributed by atoms with Crippen molar-refractivity contribution in [3.8, 4) is 0 Å². The lowest BCUT2D eigenvalue weighted by atomic mass is 10.1. The summed E-state index contributed by atoms with van der Waals surface area (Å²) in [6, 6.07) is 17.1. The van der Waals surface area contributed by atoms with Crippen molar-refractivity contribution >= 4 is 17.5 Å². The number of hydrogen-bond donors (Lipinski definition) is 1. The predicted molar refractivity (Wildman–Crippen MR) is 105 cm³/mol. The van der Waals surface area contributed by atoms with Crippen LogP contribution in [0, 0.1) is 0 Å². The molecular weight excluding hydrogens is 342 g/mol. The molecule has 2 aromatic carbocycles. The Morgan fingerprint density at radius 2 is 1.70 bits per heavy atom. The first-order valence-electron chi connectivity index (χ1n) is 9.12. The van der Waals surface area contributed by atoms with Crippen LogP contribution in [-0.4, -0.2) is 61.5 Å². The molecule has 0 saturated carbocycles. The molecule has 142 valence electrons. The van der Waals surface area contributed by atoms with Gasteiger partial charge in [0.2, 0.25) is 5.91 Å². The van der Waals surface area contributed by atoms with Crippen LogP contribution in [0.5, 0.6) is 0 Å². The molecule has 0 spiro atoms. The summed E-state index contributed by atoms with van der Waals surface area (Å²) in [5, 5.41) is 3.12. The van der Waals surface area contributed by atoms with E-state index in [1.807, 2.05) is 42.5 Å². The van der Waals surface area contributed by atoms with Gasteiger partial charge in [-0.3, -0.25) is 9.59 Å². The first-order valence-corrected chi connectivity index (χ1v) is 9.12. The third kappa shape index (κ3) is 5.31. The van der Waals surface area contributed by atoms with Crippen LogP contribution in [0.3, 0.4) is 0 Å². The number of morpholine rings is 1. The van der Waals surface area contributed by atoms with Crippen LogP contribution in [0.25, 0.3) is 0 Å². The topological polar surface area (TPSA) is 61.9 Å². The predicted octanol–water partition coefficient (Wildman–Crippen LogP) is 2.23. The number of carbonyl (C=O) groups is 2. The molecule has 0 aromatic heterocycles. The summed E-state index contributed by atoms with van der Waals surface area (Å²) in [4.78, 5) is 28.2. The Bertz CT molecular complexity index is 756. The standard InChI is InChI=1S/C21H25N3O3/c1-23(16-17-5-3-2-4-6-17)20(25)15-22-19-9-7-18(8-10-19)21(26)24-11-13-27-14-12-24/h2-10,22H,11-16H2,1H3. The van der Waals surface area contributed by atoms with Crippen molar-refractivity contribution in [3.05, 3.63) is 65.7 Å². The van der Waals surface area contributed by atoms with E-state index in [9.17, 15) is 9.59 Å². The fourth-order valence-corrected chi connectivity index (χ4v) is 2.94. The van der Waals surface area contributed by atoms with Crippen molar-refractivity contribution in [2.24, 2.45) is 0 Å². The summed E-state index contributed by atoms with van der Waals surface area (Å²) in [6.07, 6.45) is 0. The number of carbonyl (C=O) groups excluding carboxylic acids is 2. The lowest BCUT2D eigenvalue weighted by molar-refractivity contribution is -0.128. The number of rotatable bonds is 6. The molecule has 1 heterocycles. The van der Waals surface area contributed by atoms with E-state index >= 15 is 0 Å². The van der Waals surface area contributed by atoms with E-state index in [1.165, 1.54) is 0 Å². The summed E-state index contributed by atoms with van der Waals surface area (Å²) in [5.74, 6) is 0.0239. The van der Waals surface area contributed by atoms with Crippen molar-refractivity contribution in [2.75, 3.05) is 45.2 Å². The van der Waals surface area contributed by atoms with E-state index in [-0.39, 0.29) is 18.4 Å². The number of hydrogen-bond acceptors (Lipinski definition) is 4. The second kappa shape index (κ2) is 9.19. The molecule has 6 heteroatoms. The number of ether oxygens (including phenoxy) is 1. The van der Waals surface area contributed by atoms with Crippen LogP contribution in [0.4, 0.5) is 5.69 Å². The number of likely N-dealkylation sites (N-methyl/N-ethyl adjacent to an activating group) is 1. The van der Waals surface area contributed by atoms with Gasteiger partial charge in [-0.05, 0) is 29.8 Å². The molecular formula is C21H25N3O3. The van der Waals surface area contributed by atoms with E-state index in [4.69, 9.17) is 4.74 Å². The Morgan fingerprint density at radius 3 is 2.37 bits per heavy atom. The first kappa shape index (κ1) is 18.9. The highest BCUT2D eigenvalue weighted by molar-refractivity contribution is 5.94. The maximum Gasteiger partial charge on any atom is 0.254 e. The van der Waals surface area contributed by atoms with Crippen molar-refractivity contribution in [3.63, 3.8) is 0 Å². The fraction of sp³-hybridized carbons (Fsp3) is 0.333. The van der Waals surface area contributed by atoms with Gasteiger partial charge < -0.3 is 19.9 Å². The summed E-state index contributed by atoms with van der Waals surface area (Å²) in [6.45, 7) is 3.21. The zero-order chi connectivity index (χ0) is 19.1. The van der Waals surface area contributed by atoms with E-state index in [1.54, 1.807) is 29.0 Å². The molecule has 0 aliphatic carbocycles. The average Bonchev–Trinajstić information content (AvgIpc) is 2.73. The Labute approximate surface area is 159 Å². The largest absolute Gasteiger partial charge is 0.378 e. The third-order valence-electron chi connectivity index (χ3n) is 4.56. The van der Waals surface area contributed by atoms with Crippen molar-refractivity contribution in [1.82, 2.24) is 9.80 Å². The zero-order valence-corrected chi connectivity index (χ0v) is 15.6. The summed E-state index contributed by atoms with van der Waals surface area (Å²) in [5.41, 5.74) is 2.56. The Balaban J connectivity index is 1.49. The van der Waals surface area contributed by atoms with E-state index in [0.717, 1.165) is 11.3 Å². The number of anilines is 1. The SMILES string of the molecule is CN(Cc1ccccc1)C(=O)CNc1ccc(C(=O)N2CCOCC2)cc1. The van der Waals surface area contributed by atoms with Gasteiger partial charge in [-0.15, -0.1) is 0 Å². The lowest BCUT2D eigenvalue weighted by Crippen LogP contribution is -2.40. The molecule has 0 atom stereocenters. The molecule has 0 bridgehead atoms. The van der Waals surface area contributed by atoms with E-state index in [2.05, 4.69) is 5.32 Å². The fourth-order valence-electron chi connectivity index (χ4n) is 2.94. The molecule has 27 heavy (non-hydrogen) atoms. The maximum atomic E-state index is 12.4. The van der Waals surface area contributed by atoms with Gasteiger partial charge >= 0.3 is 0 Å². The minimum atomic E-state index is 0.00678. The van der Waals surface area contributed by atoms with Crippen LogP contribution >= 0.6 is 0 Å². The minimum Gasteiger partial charge on any atom is -0.378 e. The van der Waals surface area contributed by atoms with Crippen LogP contribution in [0.1, 0.15) is 15.9 Å². The molecule has 2 amide bonds. The minimum absolute atomic E-state index is 0.00678. The number of nitrogens with zero attached hydrogens (tertiary/aromatic N) is 2. The molecule has 1 fully saturated rings. The number of amides is 2. The molecule has 3 rings (SSSR count). The molecule has 1 aliphatic heterocycles. The second-order valence-corrected chi connectivity index (χ2v) is 6.57. The van der Waals surface area contributed by atoms with Crippen molar-refractivity contribution in [2.45, 2.75) is 6.54 Å². The van der Waals surface area contributed by atoms with Crippen LogP contribution < -0.4 is 5.32 Å². The highest BCUT2D eigenvalue weighted by atomic mass is 16.5. The Morgan fingerprint density at radius 1 is 1.04 bits per heavy atom. The van der Waals surface area contributed by atoms with Gasteiger partial charge in [-0.1, -0.05) is 30.3 Å². The molecule has 1 aliphatic rings. The monoisotopic (exact) mass is 367 g/mol. The lowest BCUT2D eigenvalue weighted by Gasteiger charge is -2.26. The molecule has 6 nitrogen and oxygen atoms in total. The second-order valence-electron chi connectivity index (χ2n) is 6.57. The highest BCUT2D eigenvalue weighted by Crippen LogP contribution is 2.13. The van der Waals surface area contributed by atoms with Crippen LogP contribution in [0.15, 0.2) is 54.6 Å². The summed E-state index contributed by atoms with van der Waals surface area (Å²) >= 11 is 0. The van der Waals surface area contributed by atoms with Crippen molar-refractivity contribution < 1.29 is 14.3 Å². The normalized spacial score (nSPS) is 13.9. The van der Waals surface area contributed by atoms with Gasteiger partial charge in [0.25, 0.3) is 5.91 Å². The molecule has 2 aromatic rings. The van der Waals surface area contributed by atoms with Crippen LogP contribution in [0.2, 0.25) is 0 Å². The van der Waals surface area contributed by atoms with Gasteiger partial charge in [0.1, 0.15) is 0 Å².